The number of piperazine rings is 1. The number of pyridine rings is 1. The number of carbonyl (C=O) groups is 2. The Morgan fingerprint density at radius 2 is 1.81 bits per heavy atom. The van der Waals surface area contributed by atoms with Crippen LogP contribution in [0.4, 0.5) is 5.82 Å². The molecule has 0 radical (unpaired) electrons. The summed E-state index contributed by atoms with van der Waals surface area (Å²) in [7, 11) is 0. The van der Waals surface area contributed by atoms with Gasteiger partial charge in [-0.15, -0.1) is 0 Å². The molecule has 0 unspecified atom stereocenters. The fraction of sp³-hybridized carbons (Fsp3) is 0.450. The topological polar surface area (TPSA) is 75.9 Å². The summed E-state index contributed by atoms with van der Waals surface area (Å²) in [6.07, 6.45) is 1.53. The molecule has 0 saturated carbocycles. The number of aryl methyl sites for hydroxylation is 2. The van der Waals surface area contributed by atoms with Crippen molar-refractivity contribution < 1.29 is 18.7 Å². The summed E-state index contributed by atoms with van der Waals surface area (Å²) in [5.41, 5.74) is 2.03. The highest BCUT2D eigenvalue weighted by Crippen LogP contribution is 2.23. The number of anilines is 1. The van der Waals surface area contributed by atoms with Gasteiger partial charge in [-0.1, -0.05) is 0 Å². The lowest BCUT2D eigenvalue weighted by atomic mass is 10.1. The molecule has 7 heteroatoms. The summed E-state index contributed by atoms with van der Waals surface area (Å²) in [5.74, 6) is 1.91. The third kappa shape index (κ3) is 3.82. The van der Waals surface area contributed by atoms with E-state index in [1.165, 1.54) is 6.20 Å². The van der Waals surface area contributed by atoms with Gasteiger partial charge in [-0.25, -0.2) is 9.78 Å². The predicted octanol–water partition coefficient (Wildman–Crippen LogP) is 2.74. The smallest absolute Gasteiger partial charge is 0.339 e. The largest absolute Gasteiger partial charge is 0.466 e. The highest BCUT2D eigenvalue weighted by Gasteiger charge is 2.27. The van der Waals surface area contributed by atoms with Crippen molar-refractivity contribution in [3.8, 4) is 0 Å². The van der Waals surface area contributed by atoms with Gasteiger partial charge < -0.3 is 19.0 Å². The Morgan fingerprint density at radius 3 is 2.33 bits per heavy atom. The van der Waals surface area contributed by atoms with E-state index < -0.39 is 0 Å². The molecule has 144 valence electrons. The number of hydrogen-bond donors (Lipinski definition) is 0. The van der Waals surface area contributed by atoms with Gasteiger partial charge in [-0.05, 0) is 39.8 Å². The van der Waals surface area contributed by atoms with E-state index in [0.717, 1.165) is 17.1 Å². The van der Waals surface area contributed by atoms with Crippen LogP contribution in [0.2, 0.25) is 0 Å². The van der Waals surface area contributed by atoms with E-state index in [4.69, 9.17) is 9.15 Å². The molecule has 0 bridgehead atoms. The molecule has 1 saturated heterocycles. The van der Waals surface area contributed by atoms with Gasteiger partial charge in [0, 0.05) is 37.9 Å². The molecule has 0 N–H and O–H groups in total. The maximum Gasteiger partial charge on any atom is 0.339 e. The number of ether oxygens (including phenoxy) is 1. The maximum atomic E-state index is 12.9. The van der Waals surface area contributed by atoms with Gasteiger partial charge in [-0.2, -0.15) is 0 Å². The lowest BCUT2D eigenvalue weighted by molar-refractivity contribution is 0.0525. The van der Waals surface area contributed by atoms with Crippen LogP contribution in [0.3, 0.4) is 0 Å². The van der Waals surface area contributed by atoms with Gasteiger partial charge >= 0.3 is 5.97 Å². The zero-order valence-electron chi connectivity index (χ0n) is 16.2. The summed E-state index contributed by atoms with van der Waals surface area (Å²) < 4.78 is 10.6. The first kappa shape index (κ1) is 18.9. The van der Waals surface area contributed by atoms with Crippen LogP contribution >= 0.6 is 0 Å². The minimum atomic E-state index is -0.367. The Labute approximate surface area is 158 Å². The van der Waals surface area contributed by atoms with Crippen LogP contribution in [0.15, 0.2) is 22.7 Å². The third-order valence-electron chi connectivity index (χ3n) is 4.93. The Kier molecular flexibility index (Phi) is 5.48. The van der Waals surface area contributed by atoms with Crippen LogP contribution in [0.25, 0.3) is 0 Å². The van der Waals surface area contributed by atoms with Crippen molar-refractivity contribution in [2.24, 2.45) is 0 Å². The molecule has 1 amide bonds. The Bertz CT molecular complexity index is 834. The van der Waals surface area contributed by atoms with Crippen molar-refractivity contribution in [2.45, 2.75) is 27.7 Å². The highest BCUT2D eigenvalue weighted by molar-refractivity contribution is 5.97. The van der Waals surface area contributed by atoms with Gasteiger partial charge in [0.1, 0.15) is 17.3 Å². The quantitative estimate of drug-likeness (QED) is 0.769. The summed E-state index contributed by atoms with van der Waals surface area (Å²) in [6.45, 7) is 10.3. The lowest BCUT2D eigenvalue weighted by Crippen LogP contribution is -2.49. The van der Waals surface area contributed by atoms with Crippen molar-refractivity contribution in [2.75, 3.05) is 37.7 Å². The predicted molar refractivity (Wildman–Crippen MR) is 101 cm³/mol. The second-order valence-electron chi connectivity index (χ2n) is 6.62. The average Bonchev–Trinajstić information content (AvgIpc) is 2.93. The molecule has 0 atom stereocenters. The van der Waals surface area contributed by atoms with Crippen LogP contribution in [-0.2, 0) is 4.74 Å². The second kappa shape index (κ2) is 7.82. The highest BCUT2D eigenvalue weighted by atomic mass is 16.5. The van der Waals surface area contributed by atoms with E-state index in [0.29, 0.717) is 49.7 Å². The molecule has 0 spiro atoms. The summed E-state index contributed by atoms with van der Waals surface area (Å²) in [5, 5.41) is 0. The van der Waals surface area contributed by atoms with Crippen molar-refractivity contribution in [3.63, 3.8) is 0 Å². The zero-order valence-corrected chi connectivity index (χ0v) is 16.2. The maximum absolute atomic E-state index is 12.9. The number of hydrogen-bond acceptors (Lipinski definition) is 6. The van der Waals surface area contributed by atoms with Crippen LogP contribution in [0.1, 0.15) is 44.7 Å². The van der Waals surface area contributed by atoms with Crippen molar-refractivity contribution >= 4 is 17.7 Å². The number of rotatable bonds is 4. The summed E-state index contributed by atoms with van der Waals surface area (Å²) >= 11 is 0. The molecule has 2 aromatic rings. The van der Waals surface area contributed by atoms with Gasteiger partial charge in [0.25, 0.3) is 5.91 Å². The van der Waals surface area contributed by atoms with E-state index in [9.17, 15) is 9.59 Å². The van der Waals surface area contributed by atoms with Crippen LogP contribution in [-0.4, -0.2) is 54.5 Å². The molecule has 1 aliphatic rings. The molecule has 1 aliphatic heterocycles. The van der Waals surface area contributed by atoms with E-state index in [1.54, 1.807) is 13.0 Å². The molecular weight excluding hydrogens is 346 g/mol. The minimum Gasteiger partial charge on any atom is -0.466 e. The second-order valence-corrected chi connectivity index (χ2v) is 6.62. The fourth-order valence-corrected chi connectivity index (χ4v) is 3.31. The normalized spacial score (nSPS) is 14.4. The lowest BCUT2D eigenvalue weighted by Gasteiger charge is -2.35. The van der Waals surface area contributed by atoms with E-state index in [1.807, 2.05) is 31.7 Å². The van der Waals surface area contributed by atoms with Gasteiger partial charge in [0.05, 0.1) is 17.7 Å². The average molecular weight is 371 g/mol. The Hall–Kier alpha value is -2.83. The first-order valence-electron chi connectivity index (χ1n) is 9.16. The van der Waals surface area contributed by atoms with E-state index in [-0.39, 0.29) is 11.9 Å². The summed E-state index contributed by atoms with van der Waals surface area (Å²) in [6, 6.07) is 3.54. The van der Waals surface area contributed by atoms with Gasteiger partial charge in [0.2, 0.25) is 0 Å². The monoisotopic (exact) mass is 371 g/mol. The molecule has 1 fully saturated rings. The van der Waals surface area contributed by atoms with Gasteiger partial charge in [-0.3, -0.25) is 4.79 Å². The number of carbonyl (C=O) groups excluding carboxylic acids is 2. The Balaban J connectivity index is 1.63. The van der Waals surface area contributed by atoms with Crippen LogP contribution in [0, 0.1) is 20.8 Å². The van der Waals surface area contributed by atoms with Gasteiger partial charge in [0.15, 0.2) is 0 Å². The number of esters is 1. The number of amides is 1. The van der Waals surface area contributed by atoms with E-state index in [2.05, 4.69) is 9.88 Å². The van der Waals surface area contributed by atoms with E-state index >= 15 is 0 Å². The minimum absolute atomic E-state index is 0.0205. The third-order valence-corrected chi connectivity index (χ3v) is 4.93. The fourth-order valence-electron chi connectivity index (χ4n) is 3.31. The molecule has 0 aromatic carbocycles. The number of furan rings is 1. The Morgan fingerprint density at radius 1 is 1.11 bits per heavy atom. The SMILES string of the molecule is CCOC(=O)c1ccc(N2CCN(C(=O)c3c(C)oc(C)c3C)CC2)nc1. The molecule has 7 nitrogen and oxygen atoms in total. The standard InChI is InChI=1S/C20H25N3O4/c1-5-26-20(25)16-6-7-17(21-12-16)22-8-10-23(11-9-22)19(24)18-13(2)14(3)27-15(18)4/h6-7,12H,5,8-11H2,1-4H3. The molecular formula is C20H25N3O4. The van der Waals surface area contributed by atoms with Crippen molar-refractivity contribution in [3.05, 3.63) is 46.5 Å². The molecule has 3 rings (SSSR count). The first-order chi connectivity index (χ1) is 12.9. The van der Waals surface area contributed by atoms with Crippen LogP contribution < -0.4 is 4.90 Å². The molecule has 0 aliphatic carbocycles. The summed E-state index contributed by atoms with van der Waals surface area (Å²) in [4.78, 5) is 32.9. The number of aromatic nitrogens is 1. The van der Waals surface area contributed by atoms with Crippen molar-refractivity contribution in [1.29, 1.82) is 0 Å². The molecule has 3 heterocycles. The number of nitrogens with zero attached hydrogens (tertiary/aromatic N) is 3. The molecule has 27 heavy (non-hydrogen) atoms. The zero-order chi connectivity index (χ0) is 19.6. The first-order valence-corrected chi connectivity index (χ1v) is 9.16. The van der Waals surface area contributed by atoms with Crippen LogP contribution in [0.5, 0.6) is 0 Å². The molecule has 2 aromatic heterocycles. The van der Waals surface area contributed by atoms with Crippen molar-refractivity contribution in [1.82, 2.24) is 9.88 Å².